The number of Topliss-reactive ketones (excluding diaryl/α,β-unsaturated/α-hetero) is 1. The topological polar surface area (TPSA) is 120 Å². The normalized spacial score (nSPS) is 11.6. The number of carboxylic acids is 1. The van der Waals surface area contributed by atoms with Gasteiger partial charge >= 0.3 is 11.7 Å². The second-order valence-corrected chi connectivity index (χ2v) is 8.87. The molecule has 0 aliphatic heterocycles. The van der Waals surface area contributed by atoms with Gasteiger partial charge in [-0.25, -0.2) is 19.1 Å². The fourth-order valence-corrected chi connectivity index (χ4v) is 4.26. The van der Waals surface area contributed by atoms with Crippen molar-refractivity contribution in [3.8, 4) is 5.75 Å². The number of halogens is 1. The highest BCUT2D eigenvalue weighted by Gasteiger charge is 2.35. The van der Waals surface area contributed by atoms with Crippen molar-refractivity contribution >= 4 is 49.4 Å². The number of aromatic nitrogens is 3. The van der Waals surface area contributed by atoms with Gasteiger partial charge in [0.05, 0.1) is 19.2 Å². The molecular weight excluding hydrogens is 466 g/mol. The van der Waals surface area contributed by atoms with Crippen LogP contribution in [0, 0.1) is 0 Å². The van der Waals surface area contributed by atoms with Gasteiger partial charge in [-0.2, -0.15) is 0 Å². The Kier molecular flexibility index (Phi) is 5.46. The van der Waals surface area contributed by atoms with Crippen LogP contribution in [0.1, 0.15) is 24.2 Å². The number of rotatable bonds is 6. The maximum absolute atomic E-state index is 13.1. The quantitative estimate of drug-likeness (QED) is 0.535. The lowest BCUT2D eigenvalue weighted by Crippen LogP contribution is -2.52. The average Bonchev–Trinajstić information content (AvgIpc) is 3.06. The second kappa shape index (κ2) is 7.56. The molecule has 3 rings (SSSR count). The monoisotopic (exact) mass is 481 g/mol. The number of benzene rings is 1. The Bertz CT molecular complexity index is 1260. The van der Waals surface area contributed by atoms with E-state index >= 15 is 0 Å². The molecule has 1 N–H and O–H groups in total. The van der Waals surface area contributed by atoms with E-state index < -0.39 is 35.1 Å². The maximum Gasteiger partial charge on any atom is 0.333 e. The first-order valence-electron chi connectivity index (χ1n) is 8.31. The number of ketones is 1. The molecule has 0 aliphatic carbocycles. The summed E-state index contributed by atoms with van der Waals surface area (Å²) in [5.41, 5.74) is -3.42. The Balaban J connectivity index is 2.28. The number of methoxy groups -OCH3 is 1. The maximum atomic E-state index is 13.1. The Labute approximate surface area is 176 Å². The van der Waals surface area contributed by atoms with Crippen molar-refractivity contribution in [2.45, 2.75) is 25.9 Å². The van der Waals surface area contributed by atoms with Crippen LogP contribution in [0.25, 0.3) is 10.3 Å². The number of hydrogen-bond donors (Lipinski definition) is 1. The summed E-state index contributed by atoms with van der Waals surface area (Å²) in [7, 11) is 1.42. The van der Waals surface area contributed by atoms with E-state index in [0.717, 1.165) is 15.9 Å². The number of carboxylic acid groups (broad SMARTS) is 1. The van der Waals surface area contributed by atoms with E-state index in [1.54, 1.807) is 24.3 Å². The molecule has 0 fully saturated rings. The third-order valence-electron chi connectivity index (χ3n) is 4.45. The summed E-state index contributed by atoms with van der Waals surface area (Å²) in [5, 5.41) is 9.52. The van der Waals surface area contributed by atoms with Gasteiger partial charge in [0.1, 0.15) is 16.1 Å². The zero-order chi connectivity index (χ0) is 21.5. The van der Waals surface area contributed by atoms with E-state index in [2.05, 4.69) is 20.9 Å². The molecule has 29 heavy (non-hydrogen) atoms. The molecule has 2 aromatic heterocycles. The van der Waals surface area contributed by atoms with E-state index in [9.17, 15) is 24.3 Å². The number of aliphatic carboxylic acids is 1. The average molecular weight is 482 g/mol. The van der Waals surface area contributed by atoms with E-state index in [1.165, 1.54) is 21.0 Å². The smallest absolute Gasteiger partial charge is 0.333 e. The van der Waals surface area contributed by atoms with Gasteiger partial charge in [-0.05, 0) is 41.9 Å². The summed E-state index contributed by atoms with van der Waals surface area (Å²) >= 11 is 4.18. The van der Waals surface area contributed by atoms with Crippen LogP contribution in [0.15, 0.2) is 37.8 Å². The molecule has 0 saturated carbocycles. The highest BCUT2D eigenvalue weighted by molar-refractivity contribution is 9.11. The van der Waals surface area contributed by atoms with Crippen molar-refractivity contribution in [2.75, 3.05) is 7.11 Å². The number of nitrogens with zero attached hydrogens (tertiary/aromatic N) is 3. The lowest BCUT2D eigenvalue weighted by molar-refractivity contribution is -0.146. The summed E-state index contributed by atoms with van der Waals surface area (Å²) in [6, 6.07) is 6.54. The predicted octanol–water partition coefficient (Wildman–Crippen LogP) is 2.09. The molecule has 0 aliphatic rings. The first-order valence-corrected chi connectivity index (χ1v) is 9.92. The summed E-state index contributed by atoms with van der Waals surface area (Å²) in [6.07, 6.45) is 0. The number of ether oxygens (including phenoxy) is 1. The summed E-state index contributed by atoms with van der Waals surface area (Å²) in [6.45, 7) is 2.05. The minimum Gasteiger partial charge on any atom is -0.496 e. The molecule has 2 heterocycles. The zero-order valence-corrected chi connectivity index (χ0v) is 18.0. The van der Waals surface area contributed by atoms with E-state index in [4.69, 9.17) is 4.74 Å². The van der Waals surface area contributed by atoms with Crippen molar-refractivity contribution in [3.05, 3.63) is 54.6 Å². The molecule has 152 valence electrons. The van der Waals surface area contributed by atoms with Crippen LogP contribution in [0.3, 0.4) is 0 Å². The minimum absolute atomic E-state index is 0.0939. The van der Waals surface area contributed by atoms with Crippen LogP contribution in [0.2, 0.25) is 0 Å². The second-order valence-electron chi connectivity index (χ2n) is 6.62. The SMILES string of the molecule is COc1ccccc1C(=O)Cn1c(=O)n(C(C)(C)C(=O)O)c(=O)c2nc(Br)sc21. The van der Waals surface area contributed by atoms with Gasteiger partial charge in [0.2, 0.25) is 0 Å². The Morgan fingerprint density at radius 1 is 1.28 bits per heavy atom. The van der Waals surface area contributed by atoms with Crippen molar-refractivity contribution in [1.82, 2.24) is 14.1 Å². The number of fused-ring (bicyclic) bond motifs is 1. The number of para-hydroxylation sites is 1. The van der Waals surface area contributed by atoms with Gasteiger partial charge in [0, 0.05) is 0 Å². The molecule has 11 heteroatoms. The third-order valence-corrected chi connectivity index (χ3v) is 5.98. The largest absolute Gasteiger partial charge is 0.496 e. The van der Waals surface area contributed by atoms with Gasteiger partial charge in [0.25, 0.3) is 5.56 Å². The summed E-state index contributed by atoms with van der Waals surface area (Å²) in [4.78, 5) is 54.8. The summed E-state index contributed by atoms with van der Waals surface area (Å²) < 4.78 is 7.20. The number of hydrogen-bond acceptors (Lipinski definition) is 7. The zero-order valence-electron chi connectivity index (χ0n) is 15.6. The van der Waals surface area contributed by atoms with E-state index in [-0.39, 0.29) is 15.9 Å². The number of thiazole rings is 1. The van der Waals surface area contributed by atoms with Crippen LogP contribution < -0.4 is 16.0 Å². The van der Waals surface area contributed by atoms with Crippen molar-refractivity contribution < 1.29 is 19.4 Å². The minimum atomic E-state index is -1.84. The molecule has 0 spiro atoms. The van der Waals surface area contributed by atoms with Crippen LogP contribution >= 0.6 is 27.3 Å². The highest BCUT2D eigenvalue weighted by atomic mass is 79.9. The van der Waals surface area contributed by atoms with Crippen LogP contribution in [-0.2, 0) is 16.9 Å². The standard InChI is InChI=1S/C18H16BrN3O6S/c1-18(2,15(25)26)22-13(24)12-14(29-16(19)20-12)21(17(22)27)8-10(23)9-6-4-5-7-11(9)28-3/h4-7H,8H2,1-3H3,(H,25,26). The van der Waals surface area contributed by atoms with E-state index in [1.807, 2.05) is 0 Å². The lowest BCUT2D eigenvalue weighted by Gasteiger charge is -2.22. The van der Waals surface area contributed by atoms with Gasteiger partial charge in [0.15, 0.2) is 15.2 Å². The van der Waals surface area contributed by atoms with Crippen molar-refractivity contribution in [3.63, 3.8) is 0 Å². The third kappa shape index (κ3) is 3.51. The molecule has 0 radical (unpaired) electrons. The molecule has 1 aromatic carbocycles. The van der Waals surface area contributed by atoms with Gasteiger partial charge in [-0.15, -0.1) is 0 Å². The van der Waals surface area contributed by atoms with Gasteiger partial charge in [-0.3, -0.25) is 14.2 Å². The van der Waals surface area contributed by atoms with Gasteiger partial charge < -0.3 is 9.84 Å². The Hall–Kier alpha value is -2.79. The fraction of sp³-hybridized carbons (Fsp3) is 0.278. The van der Waals surface area contributed by atoms with Gasteiger partial charge in [-0.1, -0.05) is 23.5 Å². The lowest BCUT2D eigenvalue weighted by atomic mass is 10.1. The molecule has 0 bridgehead atoms. The first-order chi connectivity index (χ1) is 13.6. The summed E-state index contributed by atoms with van der Waals surface area (Å²) in [5.74, 6) is -1.46. The fourth-order valence-electron chi connectivity index (χ4n) is 2.84. The molecule has 0 atom stereocenters. The highest BCUT2D eigenvalue weighted by Crippen LogP contribution is 2.25. The molecule has 3 aromatic rings. The van der Waals surface area contributed by atoms with Crippen molar-refractivity contribution in [2.24, 2.45) is 0 Å². The van der Waals surface area contributed by atoms with Crippen LogP contribution in [0.4, 0.5) is 0 Å². The Morgan fingerprint density at radius 3 is 2.55 bits per heavy atom. The molecule has 0 saturated heterocycles. The number of carbonyl (C=O) groups excluding carboxylic acids is 1. The molecule has 0 unspecified atom stereocenters. The van der Waals surface area contributed by atoms with Crippen molar-refractivity contribution in [1.29, 1.82) is 0 Å². The molecular formula is C18H16BrN3O6S. The number of carbonyl (C=O) groups is 2. The molecule has 0 amide bonds. The Morgan fingerprint density at radius 2 is 1.93 bits per heavy atom. The molecule has 9 nitrogen and oxygen atoms in total. The predicted molar refractivity (Wildman–Crippen MR) is 110 cm³/mol. The van der Waals surface area contributed by atoms with Crippen LogP contribution in [0.5, 0.6) is 5.75 Å². The van der Waals surface area contributed by atoms with Crippen LogP contribution in [-0.4, -0.2) is 38.1 Å². The first kappa shape index (κ1) is 20.9. The van der Waals surface area contributed by atoms with E-state index in [0.29, 0.717) is 14.2 Å².